The number of carboxylic acids is 1. The van der Waals surface area contributed by atoms with Crippen molar-refractivity contribution in [2.45, 2.75) is 25.5 Å². The lowest BCUT2D eigenvalue weighted by molar-refractivity contribution is 0.0266. The number of furan rings is 1. The zero-order valence-corrected chi connectivity index (χ0v) is 9.80. The van der Waals surface area contributed by atoms with Gasteiger partial charge in [-0.15, -0.1) is 0 Å². The van der Waals surface area contributed by atoms with Gasteiger partial charge in [-0.3, -0.25) is 4.90 Å². The van der Waals surface area contributed by atoms with Crippen LogP contribution in [-0.2, 0) is 6.54 Å². The van der Waals surface area contributed by atoms with Crippen molar-refractivity contribution in [3.8, 4) is 0 Å². The first-order chi connectivity index (χ1) is 8.04. The standard InChI is InChI=1S/C12H17NO4/c1-13(5-8-2-10(14)3-8)6-11-4-9(7-17-11)12(15)16/h4,7-8,10,14H,2-3,5-6H2,1H3,(H,15,16). The summed E-state index contributed by atoms with van der Waals surface area (Å²) in [6.45, 7) is 1.50. The van der Waals surface area contributed by atoms with Crippen molar-refractivity contribution in [2.24, 2.45) is 5.92 Å². The van der Waals surface area contributed by atoms with E-state index in [0.29, 0.717) is 18.2 Å². The zero-order chi connectivity index (χ0) is 12.4. The summed E-state index contributed by atoms with van der Waals surface area (Å²) in [5, 5.41) is 17.9. The van der Waals surface area contributed by atoms with E-state index in [1.807, 2.05) is 7.05 Å². The summed E-state index contributed by atoms with van der Waals surface area (Å²) in [4.78, 5) is 12.8. The molecular weight excluding hydrogens is 222 g/mol. The fourth-order valence-electron chi connectivity index (χ4n) is 2.20. The Morgan fingerprint density at radius 1 is 1.59 bits per heavy atom. The van der Waals surface area contributed by atoms with E-state index in [9.17, 15) is 9.90 Å². The quantitative estimate of drug-likeness (QED) is 0.807. The normalized spacial score (nSPS) is 23.7. The number of hydrogen-bond donors (Lipinski definition) is 2. The predicted octanol–water partition coefficient (Wildman–Crippen LogP) is 1.18. The highest BCUT2D eigenvalue weighted by molar-refractivity contribution is 5.87. The maximum Gasteiger partial charge on any atom is 0.338 e. The minimum atomic E-state index is -0.968. The van der Waals surface area contributed by atoms with Gasteiger partial charge in [-0.05, 0) is 31.9 Å². The van der Waals surface area contributed by atoms with E-state index in [4.69, 9.17) is 9.52 Å². The highest BCUT2D eigenvalue weighted by atomic mass is 16.4. The van der Waals surface area contributed by atoms with Gasteiger partial charge >= 0.3 is 5.97 Å². The number of rotatable bonds is 5. The van der Waals surface area contributed by atoms with Crippen molar-refractivity contribution >= 4 is 5.97 Å². The molecule has 1 aliphatic carbocycles. The highest BCUT2D eigenvalue weighted by Crippen LogP contribution is 2.27. The third-order valence-electron chi connectivity index (χ3n) is 3.11. The third kappa shape index (κ3) is 3.08. The first kappa shape index (κ1) is 12.1. The Bertz CT molecular complexity index is 395. The molecule has 1 heterocycles. The van der Waals surface area contributed by atoms with Crippen molar-refractivity contribution in [3.63, 3.8) is 0 Å². The van der Waals surface area contributed by atoms with Crippen LogP contribution in [0.25, 0.3) is 0 Å². The van der Waals surface area contributed by atoms with Crippen LogP contribution >= 0.6 is 0 Å². The van der Waals surface area contributed by atoms with Gasteiger partial charge in [0.05, 0.1) is 18.2 Å². The van der Waals surface area contributed by atoms with Gasteiger partial charge in [0.1, 0.15) is 12.0 Å². The minimum Gasteiger partial charge on any atom is -0.478 e. The molecule has 0 unspecified atom stereocenters. The van der Waals surface area contributed by atoms with Gasteiger partial charge in [-0.25, -0.2) is 4.79 Å². The monoisotopic (exact) mass is 239 g/mol. The van der Waals surface area contributed by atoms with Crippen molar-refractivity contribution in [1.82, 2.24) is 4.90 Å². The fraction of sp³-hybridized carbons (Fsp3) is 0.583. The molecule has 94 valence electrons. The molecule has 0 bridgehead atoms. The smallest absolute Gasteiger partial charge is 0.338 e. The van der Waals surface area contributed by atoms with Crippen LogP contribution in [0.2, 0.25) is 0 Å². The third-order valence-corrected chi connectivity index (χ3v) is 3.11. The Hall–Kier alpha value is -1.33. The molecule has 0 amide bonds. The van der Waals surface area contributed by atoms with E-state index < -0.39 is 5.97 Å². The Labute approximate surface area is 99.6 Å². The van der Waals surface area contributed by atoms with Crippen molar-refractivity contribution < 1.29 is 19.4 Å². The van der Waals surface area contributed by atoms with Crippen LogP contribution in [0, 0.1) is 5.92 Å². The van der Waals surface area contributed by atoms with Crippen LogP contribution in [0.5, 0.6) is 0 Å². The second-order valence-corrected chi connectivity index (χ2v) is 4.79. The first-order valence-electron chi connectivity index (χ1n) is 5.72. The summed E-state index contributed by atoms with van der Waals surface area (Å²) in [6, 6.07) is 1.55. The summed E-state index contributed by atoms with van der Waals surface area (Å²) >= 11 is 0. The highest BCUT2D eigenvalue weighted by Gasteiger charge is 2.28. The molecular formula is C12H17NO4. The van der Waals surface area contributed by atoms with E-state index in [2.05, 4.69) is 4.90 Å². The maximum absolute atomic E-state index is 10.7. The van der Waals surface area contributed by atoms with Gasteiger partial charge in [-0.2, -0.15) is 0 Å². The molecule has 0 saturated heterocycles. The van der Waals surface area contributed by atoms with Crippen LogP contribution < -0.4 is 0 Å². The molecule has 1 aliphatic rings. The van der Waals surface area contributed by atoms with E-state index in [0.717, 1.165) is 19.4 Å². The van der Waals surface area contributed by atoms with Crippen LogP contribution in [0.15, 0.2) is 16.7 Å². The molecule has 0 aliphatic heterocycles. The van der Waals surface area contributed by atoms with Gasteiger partial charge in [0.2, 0.25) is 0 Å². The van der Waals surface area contributed by atoms with Gasteiger partial charge in [0.25, 0.3) is 0 Å². The van der Waals surface area contributed by atoms with Crippen LogP contribution in [0.4, 0.5) is 0 Å². The summed E-state index contributed by atoms with van der Waals surface area (Å²) < 4.78 is 5.18. The number of aromatic carboxylic acids is 1. The Morgan fingerprint density at radius 3 is 2.82 bits per heavy atom. The Balaban J connectivity index is 1.81. The molecule has 2 rings (SSSR count). The molecule has 5 nitrogen and oxygen atoms in total. The molecule has 2 N–H and O–H groups in total. The van der Waals surface area contributed by atoms with Gasteiger partial charge < -0.3 is 14.6 Å². The number of carboxylic acid groups (broad SMARTS) is 1. The van der Waals surface area contributed by atoms with E-state index in [1.54, 1.807) is 6.07 Å². The number of hydrogen-bond acceptors (Lipinski definition) is 4. The van der Waals surface area contributed by atoms with Crippen molar-refractivity contribution in [2.75, 3.05) is 13.6 Å². The molecule has 1 fully saturated rings. The molecule has 1 saturated carbocycles. The summed E-state index contributed by atoms with van der Waals surface area (Å²) in [6.07, 6.45) is 2.86. The molecule has 1 aromatic heterocycles. The fourth-order valence-corrected chi connectivity index (χ4v) is 2.20. The van der Waals surface area contributed by atoms with Gasteiger partial charge in [0, 0.05) is 6.54 Å². The molecule has 0 spiro atoms. The molecule has 0 radical (unpaired) electrons. The van der Waals surface area contributed by atoms with Crippen LogP contribution in [0.1, 0.15) is 29.0 Å². The number of nitrogens with zero attached hydrogens (tertiary/aromatic N) is 1. The molecule has 5 heteroatoms. The largest absolute Gasteiger partial charge is 0.478 e. The lowest BCUT2D eigenvalue weighted by Gasteiger charge is -2.34. The molecule has 0 atom stereocenters. The second-order valence-electron chi connectivity index (χ2n) is 4.79. The second kappa shape index (κ2) is 4.89. The SMILES string of the molecule is CN(Cc1cc(C(=O)O)co1)CC1CC(O)C1. The number of aliphatic hydroxyl groups excluding tert-OH is 1. The van der Waals surface area contributed by atoms with E-state index >= 15 is 0 Å². The molecule has 1 aromatic rings. The predicted molar refractivity (Wildman–Crippen MR) is 60.7 cm³/mol. The van der Waals surface area contributed by atoms with Gasteiger partial charge in [-0.1, -0.05) is 0 Å². The first-order valence-corrected chi connectivity index (χ1v) is 5.72. The topological polar surface area (TPSA) is 73.9 Å². The lowest BCUT2D eigenvalue weighted by Crippen LogP contribution is -2.36. The minimum absolute atomic E-state index is 0.129. The van der Waals surface area contributed by atoms with Crippen LogP contribution in [-0.4, -0.2) is 40.8 Å². The van der Waals surface area contributed by atoms with Gasteiger partial charge in [0.15, 0.2) is 0 Å². The molecule has 17 heavy (non-hydrogen) atoms. The van der Waals surface area contributed by atoms with Crippen molar-refractivity contribution in [3.05, 3.63) is 23.7 Å². The summed E-state index contributed by atoms with van der Waals surface area (Å²) in [5.74, 6) is 0.235. The van der Waals surface area contributed by atoms with E-state index in [-0.39, 0.29) is 11.7 Å². The lowest BCUT2D eigenvalue weighted by atomic mass is 9.82. The van der Waals surface area contributed by atoms with E-state index in [1.165, 1.54) is 6.26 Å². The maximum atomic E-state index is 10.7. The molecule has 0 aromatic carbocycles. The Morgan fingerprint density at radius 2 is 2.29 bits per heavy atom. The average molecular weight is 239 g/mol. The summed E-state index contributed by atoms with van der Waals surface area (Å²) in [5.41, 5.74) is 0.187. The number of aliphatic hydroxyl groups is 1. The van der Waals surface area contributed by atoms with Crippen LogP contribution in [0.3, 0.4) is 0 Å². The summed E-state index contributed by atoms with van der Waals surface area (Å²) in [7, 11) is 1.97. The van der Waals surface area contributed by atoms with Crippen molar-refractivity contribution in [1.29, 1.82) is 0 Å². The zero-order valence-electron chi connectivity index (χ0n) is 9.80. The average Bonchev–Trinajstić information content (AvgIpc) is 2.63. The number of carbonyl (C=O) groups is 1. The Kier molecular flexibility index (Phi) is 3.49.